The lowest BCUT2D eigenvalue weighted by Crippen LogP contribution is -2.48. The van der Waals surface area contributed by atoms with Crippen LogP contribution >= 0.6 is 11.3 Å². The van der Waals surface area contributed by atoms with Crippen molar-refractivity contribution < 1.29 is 18.7 Å². The fourth-order valence-corrected chi connectivity index (χ4v) is 5.22. The average Bonchev–Trinajstić information content (AvgIpc) is 3.34. The summed E-state index contributed by atoms with van der Waals surface area (Å²) in [7, 11) is 0. The lowest BCUT2D eigenvalue weighted by molar-refractivity contribution is -0.135. The van der Waals surface area contributed by atoms with Gasteiger partial charge < -0.3 is 14.5 Å². The number of halogens is 1. The molecule has 7 heteroatoms. The monoisotopic (exact) mass is 494 g/mol. The predicted octanol–water partition coefficient (Wildman–Crippen LogP) is 5.58. The molecule has 2 heterocycles. The first kappa shape index (κ1) is 24.9. The second kappa shape index (κ2) is 11.5. The lowest BCUT2D eigenvalue weighted by Gasteiger charge is -2.37. The molecule has 1 aromatic heterocycles. The Balaban J connectivity index is 1.52. The molecule has 35 heavy (non-hydrogen) atoms. The highest BCUT2D eigenvalue weighted by atomic mass is 32.1. The standard InChI is InChI=1S/C28H31FN2O3S/c1-20(2)11-14-30(28(33)21-7-4-3-5-8-21)18-27(32)31-15-12-26-24(13-16-35-26)25(31)19-34-23-10-6-9-22(29)17-23/h3-10,13,16-17,20,25H,11-12,14-15,18-19H2,1-2H3/t25-/m1/s1. The number of carbonyl (C=O) groups is 2. The van der Waals surface area contributed by atoms with Crippen molar-refractivity contribution in [2.45, 2.75) is 32.7 Å². The number of rotatable bonds is 9. The molecule has 4 rings (SSSR count). The highest BCUT2D eigenvalue weighted by Crippen LogP contribution is 2.34. The number of benzene rings is 2. The van der Waals surface area contributed by atoms with Gasteiger partial charge in [-0.25, -0.2) is 4.39 Å². The summed E-state index contributed by atoms with van der Waals surface area (Å²) in [5, 5.41) is 2.03. The summed E-state index contributed by atoms with van der Waals surface area (Å²) in [6, 6.07) is 16.9. The van der Waals surface area contributed by atoms with Crippen LogP contribution in [0.4, 0.5) is 4.39 Å². The minimum Gasteiger partial charge on any atom is -0.491 e. The third kappa shape index (κ3) is 6.28. The molecule has 0 fully saturated rings. The van der Waals surface area contributed by atoms with E-state index in [-0.39, 0.29) is 36.8 Å². The Bertz CT molecular complexity index is 1150. The van der Waals surface area contributed by atoms with E-state index >= 15 is 0 Å². The van der Waals surface area contributed by atoms with Gasteiger partial charge in [0.2, 0.25) is 5.91 Å². The van der Waals surface area contributed by atoms with Gasteiger partial charge in [0.15, 0.2) is 0 Å². The minimum atomic E-state index is -0.365. The zero-order valence-electron chi connectivity index (χ0n) is 20.2. The number of amides is 2. The van der Waals surface area contributed by atoms with Crippen molar-refractivity contribution in [1.29, 1.82) is 0 Å². The highest BCUT2D eigenvalue weighted by molar-refractivity contribution is 7.10. The molecular weight excluding hydrogens is 463 g/mol. The van der Waals surface area contributed by atoms with E-state index in [1.165, 1.54) is 17.0 Å². The number of hydrogen-bond acceptors (Lipinski definition) is 4. The second-order valence-corrected chi connectivity index (χ2v) is 10.2. The summed E-state index contributed by atoms with van der Waals surface area (Å²) < 4.78 is 19.6. The molecule has 0 spiro atoms. The van der Waals surface area contributed by atoms with Gasteiger partial charge in [-0.05, 0) is 60.0 Å². The number of thiophene rings is 1. The van der Waals surface area contributed by atoms with Crippen molar-refractivity contribution in [1.82, 2.24) is 9.80 Å². The molecule has 5 nitrogen and oxygen atoms in total. The average molecular weight is 495 g/mol. The van der Waals surface area contributed by atoms with Crippen LogP contribution < -0.4 is 4.74 Å². The smallest absolute Gasteiger partial charge is 0.254 e. The van der Waals surface area contributed by atoms with Crippen molar-refractivity contribution in [2.24, 2.45) is 5.92 Å². The zero-order valence-corrected chi connectivity index (χ0v) is 21.0. The molecule has 2 amide bonds. The Morgan fingerprint density at radius 1 is 1.14 bits per heavy atom. The van der Waals surface area contributed by atoms with Gasteiger partial charge >= 0.3 is 0 Å². The van der Waals surface area contributed by atoms with Crippen molar-refractivity contribution in [3.05, 3.63) is 87.9 Å². The van der Waals surface area contributed by atoms with E-state index in [1.807, 2.05) is 34.5 Å². The molecule has 0 aliphatic carbocycles. The van der Waals surface area contributed by atoms with Crippen LogP contribution in [-0.4, -0.2) is 47.9 Å². The first-order valence-corrected chi connectivity index (χ1v) is 12.9. The van der Waals surface area contributed by atoms with Crippen LogP contribution in [0.3, 0.4) is 0 Å². The summed E-state index contributed by atoms with van der Waals surface area (Å²) in [6.07, 6.45) is 1.58. The normalized spacial score (nSPS) is 15.1. The van der Waals surface area contributed by atoms with Gasteiger partial charge in [0.05, 0.1) is 6.04 Å². The van der Waals surface area contributed by atoms with Crippen LogP contribution in [0.15, 0.2) is 66.0 Å². The largest absolute Gasteiger partial charge is 0.491 e. The Kier molecular flexibility index (Phi) is 8.18. The van der Waals surface area contributed by atoms with Crippen LogP contribution in [-0.2, 0) is 11.2 Å². The Morgan fingerprint density at radius 3 is 2.69 bits per heavy atom. The molecular formula is C28H31FN2O3S. The number of hydrogen-bond donors (Lipinski definition) is 0. The first-order valence-electron chi connectivity index (χ1n) is 12.0. The van der Waals surface area contributed by atoms with Gasteiger partial charge in [-0.1, -0.05) is 38.1 Å². The van der Waals surface area contributed by atoms with Crippen LogP contribution in [0.5, 0.6) is 5.75 Å². The Hall–Kier alpha value is -3.19. The molecule has 3 aromatic rings. The molecule has 0 bridgehead atoms. The van der Waals surface area contributed by atoms with Crippen LogP contribution in [0, 0.1) is 11.7 Å². The summed E-state index contributed by atoms with van der Waals surface area (Å²) >= 11 is 1.68. The first-order chi connectivity index (χ1) is 16.9. The molecule has 1 aliphatic rings. The van der Waals surface area contributed by atoms with Crippen LogP contribution in [0.2, 0.25) is 0 Å². The predicted molar refractivity (Wildman–Crippen MR) is 136 cm³/mol. The van der Waals surface area contributed by atoms with E-state index in [1.54, 1.807) is 40.5 Å². The van der Waals surface area contributed by atoms with Gasteiger partial charge in [-0.3, -0.25) is 9.59 Å². The molecule has 1 aliphatic heterocycles. The lowest BCUT2D eigenvalue weighted by atomic mass is 10.00. The van der Waals surface area contributed by atoms with E-state index in [9.17, 15) is 14.0 Å². The fourth-order valence-electron chi connectivity index (χ4n) is 4.29. The van der Waals surface area contributed by atoms with Gasteiger partial charge in [0.1, 0.15) is 24.7 Å². The quantitative estimate of drug-likeness (QED) is 0.390. The maximum atomic E-state index is 13.6. The summed E-state index contributed by atoms with van der Waals surface area (Å²) in [4.78, 5) is 31.6. The van der Waals surface area contributed by atoms with Gasteiger partial charge in [0, 0.05) is 29.6 Å². The number of nitrogens with zero attached hydrogens (tertiary/aromatic N) is 2. The molecule has 0 radical (unpaired) electrons. The number of ether oxygens (including phenoxy) is 1. The van der Waals surface area contributed by atoms with E-state index in [2.05, 4.69) is 13.8 Å². The van der Waals surface area contributed by atoms with Crippen molar-refractivity contribution >= 4 is 23.2 Å². The maximum Gasteiger partial charge on any atom is 0.254 e. The maximum absolute atomic E-state index is 13.6. The molecule has 184 valence electrons. The molecule has 0 saturated heterocycles. The molecule has 1 atom stereocenters. The Labute approximate surface area is 210 Å². The van der Waals surface area contributed by atoms with Gasteiger partial charge in [0.25, 0.3) is 5.91 Å². The van der Waals surface area contributed by atoms with Gasteiger partial charge in [-0.2, -0.15) is 0 Å². The number of carbonyl (C=O) groups excluding carboxylic acids is 2. The third-order valence-electron chi connectivity index (χ3n) is 6.23. The zero-order chi connectivity index (χ0) is 24.8. The number of fused-ring (bicyclic) bond motifs is 1. The summed E-state index contributed by atoms with van der Waals surface area (Å²) in [6.45, 7) is 5.51. The van der Waals surface area contributed by atoms with E-state index in [0.717, 1.165) is 18.4 Å². The minimum absolute atomic E-state index is 0.0103. The summed E-state index contributed by atoms with van der Waals surface area (Å²) in [5.41, 5.74) is 1.64. The molecule has 0 unspecified atom stereocenters. The van der Waals surface area contributed by atoms with E-state index in [4.69, 9.17) is 4.74 Å². The van der Waals surface area contributed by atoms with Crippen molar-refractivity contribution in [3.8, 4) is 5.75 Å². The fraction of sp³-hybridized carbons (Fsp3) is 0.357. The van der Waals surface area contributed by atoms with E-state index < -0.39 is 0 Å². The van der Waals surface area contributed by atoms with Gasteiger partial charge in [-0.15, -0.1) is 11.3 Å². The topological polar surface area (TPSA) is 49.9 Å². The molecule has 0 saturated carbocycles. The van der Waals surface area contributed by atoms with E-state index in [0.29, 0.717) is 30.3 Å². The van der Waals surface area contributed by atoms with Crippen molar-refractivity contribution in [2.75, 3.05) is 26.2 Å². The van der Waals surface area contributed by atoms with Crippen LogP contribution in [0.25, 0.3) is 0 Å². The second-order valence-electron chi connectivity index (χ2n) is 9.20. The molecule has 0 N–H and O–H groups in total. The summed E-state index contributed by atoms with van der Waals surface area (Å²) in [5.74, 6) is 0.225. The highest BCUT2D eigenvalue weighted by Gasteiger charge is 2.33. The molecule has 2 aromatic carbocycles. The van der Waals surface area contributed by atoms with Crippen LogP contribution in [0.1, 0.15) is 47.1 Å². The Morgan fingerprint density at radius 2 is 1.94 bits per heavy atom. The van der Waals surface area contributed by atoms with Crippen molar-refractivity contribution in [3.63, 3.8) is 0 Å². The third-order valence-corrected chi connectivity index (χ3v) is 7.23. The SMILES string of the molecule is CC(C)CCN(CC(=O)N1CCc2sccc2[C@H]1COc1cccc(F)c1)C(=O)c1ccccc1.